The van der Waals surface area contributed by atoms with Gasteiger partial charge in [-0.1, -0.05) is 37.1 Å². The highest BCUT2D eigenvalue weighted by Crippen LogP contribution is 2.31. The van der Waals surface area contributed by atoms with E-state index in [0.717, 1.165) is 23.9 Å². The van der Waals surface area contributed by atoms with Crippen LogP contribution in [0.15, 0.2) is 18.2 Å². The summed E-state index contributed by atoms with van der Waals surface area (Å²) in [5.74, 6) is 0.761. The lowest BCUT2D eigenvalue weighted by molar-refractivity contribution is 0.399. The van der Waals surface area contributed by atoms with Crippen molar-refractivity contribution < 1.29 is 0 Å². The second kappa shape index (κ2) is 6.58. The van der Waals surface area contributed by atoms with Gasteiger partial charge in [-0.25, -0.2) is 0 Å². The summed E-state index contributed by atoms with van der Waals surface area (Å²) in [7, 11) is 0. The molecule has 0 saturated heterocycles. The molecule has 1 N–H and O–H groups in total. The zero-order valence-electron chi connectivity index (χ0n) is 11.5. The minimum Gasteiger partial charge on any atom is -0.314 e. The number of hydrogen-bond acceptors (Lipinski definition) is 1. The van der Waals surface area contributed by atoms with Crippen LogP contribution in [0.5, 0.6) is 0 Å². The van der Waals surface area contributed by atoms with Crippen molar-refractivity contribution in [1.29, 1.82) is 0 Å². The highest BCUT2D eigenvalue weighted by Gasteiger charge is 2.27. The molecule has 1 aliphatic rings. The monoisotopic (exact) mass is 265 g/mol. The Morgan fingerprint density at radius 3 is 2.89 bits per heavy atom. The number of halogens is 1. The number of rotatable bonds is 5. The Hall–Kier alpha value is -0.530. The van der Waals surface area contributed by atoms with Crippen molar-refractivity contribution in [3.05, 3.63) is 34.3 Å². The first-order valence-corrected chi connectivity index (χ1v) is 7.57. The summed E-state index contributed by atoms with van der Waals surface area (Å²) in [4.78, 5) is 0. The van der Waals surface area contributed by atoms with Crippen LogP contribution in [0.3, 0.4) is 0 Å². The highest BCUT2D eigenvalue weighted by molar-refractivity contribution is 6.31. The van der Waals surface area contributed by atoms with E-state index in [0.29, 0.717) is 6.04 Å². The minimum atomic E-state index is 0.697. The molecule has 0 aromatic heterocycles. The quantitative estimate of drug-likeness (QED) is 0.834. The van der Waals surface area contributed by atoms with Gasteiger partial charge < -0.3 is 5.32 Å². The topological polar surface area (TPSA) is 12.0 Å². The van der Waals surface area contributed by atoms with Crippen LogP contribution < -0.4 is 5.32 Å². The fraction of sp³-hybridized carbons (Fsp3) is 0.625. The Balaban J connectivity index is 1.99. The van der Waals surface area contributed by atoms with Gasteiger partial charge in [0, 0.05) is 11.1 Å². The predicted octanol–water partition coefficient (Wildman–Crippen LogP) is 4.36. The zero-order valence-corrected chi connectivity index (χ0v) is 12.3. The molecule has 0 bridgehead atoms. The molecule has 1 fully saturated rings. The predicted molar refractivity (Wildman–Crippen MR) is 79.3 cm³/mol. The first kappa shape index (κ1) is 13.9. The van der Waals surface area contributed by atoms with Gasteiger partial charge in [-0.3, -0.25) is 0 Å². The molecule has 18 heavy (non-hydrogen) atoms. The maximum absolute atomic E-state index is 6.34. The summed E-state index contributed by atoms with van der Waals surface area (Å²) in [6.07, 6.45) is 6.37. The summed E-state index contributed by atoms with van der Waals surface area (Å²) >= 11 is 6.34. The first-order valence-electron chi connectivity index (χ1n) is 7.19. The van der Waals surface area contributed by atoms with Gasteiger partial charge >= 0.3 is 0 Å². The van der Waals surface area contributed by atoms with Crippen LogP contribution in [0.1, 0.15) is 43.7 Å². The average Bonchev–Trinajstić information content (AvgIpc) is 2.77. The molecule has 0 aliphatic heterocycles. The summed E-state index contributed by atoms with van der Waals surface area (Å²) in [6.45, 7) is 5.47. The van der Waals surface area contributed by atoms with E-state index in [2.05, 4.69) is 37.4 Å². The SMILES string of the molecule is CCCNC1CCCC1Cc1ccc(C)cc1Cl. The third-order valence-electron chi connectivity index (χ3n) is 4.01. The van der Waals surface area contributed by atoms with E-state index in [4.69, 9.17) is 11.6 Å². The van der Waals surface area contributed by atoms with E-state index in [1.54, 1.807) is 0 Å². The summed E-state index contributed by atoms with van der Waals surface area (Å²) in [6, 6.07) is 7.15. The van der Waals surface area contributed by atoms with Gasteiger partial charge in [-0.15, -0.1) is 0 Å². The number of benzene rings is 1. The van der Waals surface area contributed by atoms with Crippen molar-refractivity contribution in [2.75, 3.05) is 6.54 Å². The molecule has 0 amide bonds. The van der Waals surface area contributed by atoms with Gasteiger partial charge in [0.1, 0.15) is 0 Å². The lowest BCUT2D eigenvalue weighted by atomic mass is 9.94. The van der Waals surface area contributed by atoms with Crippen molar-refractivity contribution in [2.24, 2.45) is 5.92 Å². The molecular formula is C16H24ClN. The van der Waals surface area contributed by atoms with Crippen LogP contribution >= 0.6 is 11.6 Å². The molecule has 0 radical (unpaired) electrons. The third-order valence-corrected chi connectivity index (χ3v) is 4.36. The van der Waals surface area contributed by atoms with E-state index < -0.39 is 0 Å². The summed E-state index contributed by atoms with van der Waals surface area (Å²) in [5.41, 5.74) is 2.56. The van der Waals surface area contributed by atoms with Crippen LogP contribution in [0.25, 0.3) is 0 Å². The van der Waals surface area contributed by atoms with E-state index >= 15 is 0 Å². The first-order chi connectivity index (χ1) is 8.70. The van der Waals surface area contributed by atoms with Gasteiger partial charge in [0.05, 0.1) is 0 Å². The molecule has 2 heteroatoms. The van der Waals surface area contributed by atoms with Crippen LogP contribution in [0.2, 0.25) is 5.02 Å². The molecule has 1 nitrogen and oxygen atoms in total. The second-order valence-corrected chi connectivity index (χ2v) is 5.96. The summed E-state index contributed by atoms with van der Waals surface area (Å²) < 4.78 is 0. The van der Waals surface area contributed by atoms with Crippen molar-refractivity contribution in [3.63, 3.8) is 0 Å². The van der Waals surface area contributed by atoms with Gasteiger partial charge in [0.25, 0.3) is 0 Å². The number of nitrogens with one attached hydrogen (secondary N) is 1. The molecule has 1 aromatic carbocycles. The lowest BCUT2D eigenvalue weighted by Crippen LogP contribution is -2.33. The van der Waals surface area contributed by atoms with Gasteiger partial charge in [-0.2, -0.15) is 0 Å². The third kappa shape index (κ3) is 3.49. The standard InChI is InChI=1S/C16H24ClN/c1-3-9-18-16-6-4-5-14(16)11-13-8-7-12(2)10-15(13)17/h7-8,10,14,16,18H,3-6,9,11H2,1-2H3. The molecule has 2 rings (SSSR count). The van der Waals surface area contributed by atoms with Gasteiger partial charge in [0.2, 0.25) is 0 Å². The Labute approximate surface area is 116 Å². The van der Waals surface area contributed by atoms with E-state index in [-0.39, 0.29) is 0 Å². The van der Waals surface area contributed by atoms with Crippen LogP contribution in [-0.2, 0) is 6.42 Å². The molecular weight excluding hydrogens is 242 g/mol. The Morgan fingerprint density at radius 2 is 2.17 bits per heavy atom. The van der Waals surface area contributed by atoms with Crippen molar-refractivity contribution in [3.8, 4) is 0 Å². The smallest absolute Gasteiger partial charge is 0.0440 e. The van der Waals surface area contributed by atoms with Crippen molar-refractivity contribution >= 4 is 11.6 Å². The second-order valence-electron chi connectivity index (χ2n) is 5.55. The zero-order chi connectivity index (χ0) is 13.0. The van der Waals surface area contributed by atoms with E-state index in [1.807, 2.05) is 0 Å². The molecule has 1 aromatic rings. The molecule has 1 saturated carbocycles. The average molecular weight is 266 g/mol. The highest BCUT2D eigenvalue weighted by atomic mass is 35.5. The minimum absolute atomic E-state index is 0.697. The lowest BCUT2D eigenvalue weighted by Gasteiger charge is -2.21. The fourth-order valence-corrected chi connectivity index (χ4v) is 3.29. The van der Waals surface area contributed by atoms with Crippen molar-refractivity contribution in [1.82, 2.24) is 5.32 Å². The normalized spacial score (nSPS) is 23.5. The maximum atomic E-state index is 6.34. The maximum Gasteiger partial charge on any atom is 0.0440 e. The molecule has 0 spiro atoms. The molecule has 100 valence electrons. The molecule has 2 atom stereocenters. The van der Waals surface area contributed by atoms with Gasteiger partial charge in [0.15, 0.2) is 0 Å². The Kier molecular flexibility index (Phi) is 5.08. The molecule has 0 heterocycles. The van der Waals surface area contributed by atoms with Crippen LogP contribution in [-0.4, -0.2) is 12.6 Å². The molecule has 1 aliphatic carbocycles. The van der Waals surface area contributed by atoms with Crippen LogP contribution in [0.4, 0.5) is 0 Å². The van der Waals surface area contributed by atoms with Crippen molar-refractivity contribution in [2.45, 2.75) is 52.0 Å². The van der Waals surface area contributed by atoms with E-state index in [9.17, 15) is 0 Å². The Morgan fingerprint density at radius 1 is 1.33 bits per heavy atom. The summed E-state index contributed by atoms with van der Waals surface area (Å²) in [5, 5.41) is 4.63. The number of hydrogen-bond donors (Lipinski definition) is 1. The fourth-order valence-electron chi connectivity index (χ4n) is 2.98. The largest absolute Gasteiger partial charge is 0.314 e. The van der Waals surface area contributed by atoms with Gasteiger partial charge in [-0.05, 0) is 62.3 Å². The number of aryl methyl sites for hydroxylation is 1. The van der Waals surface area contributed by atoms with E-state index in [1.165, 1.54) is 36.8 Å². The Bertz CT molecular complexity index is 389. The van der Waals surface area contributed by atoms with Crippen LogP contribution in [0, 0.1) is 12.8 Å². The molecule has 2 unspecified atom stereocenters.